The van der Waals surface area contributed by atoms with Gasteiger partial charge in [0.1, 0.15) is 0 Å². The Balaban J connectivity index is 2.71. The number of hydrogen-bond donors (Lipinski definition) is 3. The molecular formula is C10H12O6. The number of Topliss-reactive ketones (excluding diaryl/α,β-unsaturated/α-hetero) is 1. The van der Waals surface area contributed by atoms with Gasteiger partial charge in [-0.2, -0.15) is 0 Å². The number of aliphatic hydroxyl groups is 1. The Morgan fingerprint density at radius 3 is 2.38 bits per heavy atom. The molecule has 6 nitrogen and oxygen atoms in total. The lowest BCUT2D eigenvalue weighted by atomic mass is 10.00. The van der Waals surface area contributed by atoms with Crippen molar-refractivity contribution in [1.29, 1.82) is 0 Å². The number of ketones is 1. The van der Waals surface area contributed by atoms with Gasteiger partial charge in [-0.25, -0.2) is 4.79 Å². The Labute approximate surface area is 91.2 Å². The summed E-state index contributed by atoms with van der Waals surface area (Å²) in [6.45, 7) is 0. The summed E-state index contributed by atoms with van der Waals surface area (Å²) in [5.41, 5.74) is -0.0945. The highest BCUT2D eigenvalue weighted by molar-refractivity contribution is 6.04. The van der Waals surface area contributed by atoms with E-state index < -0.39 is 29.4 Å². The van der Waals surface area contributed by atoms with E-state index >= 15 is 0 Å². The lowest BCUT2D eigenvalue weighted by Crippen LogP contribution is -2.13. The first-order valence-electron chi connectivity index (χ1n) is 4.85. The number of carboxylic acids is 2. The number of hydrogen-bond acceptors (Lipinski definition) is 4. The molecular weight excluding hydrogens is 216 g/mol. The molecule has 1 saturated carbocycles. The molecule has 1 fully saturated rings. The highest BCUT2D eigenvalue weighted by Gasteiger charge is 2.33. The Bertz CT molecular complexity index is 368. The zero-order chi connectivity index (χ0) is 12.3. The predicted molar refractivity (Wildman–Crippen MR) is 51.9 cm³/mol. The van der Waals surface area contributed by atoms with Crippen LogP contribution < -0.4 is 0 Å². The average Bonchev–Trinajstić information content (AvgIpc) is 2.55. The standard InChI is InChI=1S/C10H12O6/c11-7(12)4-2-5-1-3-6(8(5)13)9(14)10(15)16/h5,14H,1-4H2,(H,11,12)(H,15,16)/b9-6-. The minimum Gasteiger partial charge on any atom is -0.502 e. The molecule has 0 heterocycles. The van der Waals surface area contributed by atoms with Gasteiger partial charge in [0.15, 0.2) is 5.78 Å². The largest absolute Gasteiger partial charge is 0.502 e. The van der Waals surface area contributed by atoms with Gasteiger partial charge in [0.05, 0.1) is 0 Å². The summed E-state index contributed by atoms with van der Waals surface area (Å²) in [5.74, 6) is -4.36. The molecule has 0 aliphatic heterocycles. The molecule has 0 bridgehead atoms. The Kier molecular flexibility index (Phi) is 3.65. The third-order valence-electron chi connectivity index (χ3n) is 2.61. The number of carbonyl (C=O) groups is 3. The van der Waals surface area contributed by atoms with Crippen LogP contribution in [0.3, 0.4) is 0 Å². The first kappa shape index (κ1) is 12.2. The molecule has 0 amide bonds. The first-order valence-corrected chi connectivity index (χ1v) is 4.85. The molecule has 1 aliphatic carbocycles. The lowest BCUT2D eigenvalue weighted by Gasteiger charge is -2.04. The summed E-state index contributed by atoms with van der Waals surface area (Å²) in [6, 6.07) is 0. The Morgan fingerprint density at radius 2 is 1.88 bits per heavy atom. The molecule has 1 rings (SSSR count). The number of carboxylic acid groups (broad SMARTS) is 2. The van der Waals surface area contributed by atoms with Crippen LogP contribution in [0.5, 0.6) is 0 Å². The molecule has 0 aromatic carbocycles. The van der Waals surface area contributed by atoms with Crippen molar-refractivity contribution in [2.24, 2.45) is 5.92 Å². The van der Waals surface area contributed by atoms with Gasteiger partial charge in [0.25, 0.3) is 0 Å². The average molecular weight is 228 g/mol. The van der Waals surface area contributed by atoms with Crippen LogP contribution >= 0.6 is 0 Å². The topological polar surface area (TPSA) is 112 Å². The molecule has 0 radical (unpaired) electrons. The second-order valence-electron chi connectivity index (χ2n) is 3.66. The van der Waals surface area contributed by atoms with Gasteiger partial charge in [-0.1, -0.05) is 0 Å². The van der Waals surface area contributed by atoms with Gasteiger partial charge in [0, 0.05) is 17.9 Å². The van der Waals surface area contributed by atoms with Gasteiger partial charge < -0.3 is 15.3 Å². The molecule has 6 heteroatoms. The molecule has 88 valence electrons. The molecule has 0 aromatic heterocycles. The van der Waals surface area contributed by atoms with Crippen LogP contribution in [0.2, 0.25) is 0 Å². The minimum atomic E-state index is -1.53. The maximum Gasteiger partial charge on any atom is 0.371 e. The summed E-state index contributed by atoms with van der Waals surface area (Å²) < 4.78 is 0. The molecule has 1 aliphatic rings. The molecule has 1 unspecified atom stereocenters. The van der Waals surface area contributed by atoms with Crippen LogP contribution in [0.1, 0.15) is 25.7 Å². The number of aliphatic carboxylic acids is 2. The summed E-state index contributed by atoms with van der Waals surface area (Å²) in [4.78, 5) is 32.4. The van der Waals surface area contributed by atoms with E-state index in [1.54, 1.807) is 0 Å². The van der Waals surface area contributed by atoms with Gasteiger partial charge in [-0.05, 0) is 19.3 Å². The van der Waals surface area contributed by atoms with E-state index in [2.05, 4.69) is 0 Å². The van der Waals surface area contributed by atoms with E-state index in [9.17, 15) is 14.4 Å². The van der Waals surface area contributed by atoms with Crippen molar-refractivity contribution < 1.29 is 29.7 Å². The van der Waals surface area contributed by atoms with E-state index in [4.69, 9.17) is 15.3 Å². The first-order chi connectivity index (χ1) is 7.43. The fourth-order valence-corrected chi connectivity index (χ4v) is 1.76. The van der Waals surface area contributed by atoms with Crippen LogP contribution in [-0.4, -0.2) is 33.0 Å². The van der Waals surface area contributed by atoms with Crippen molar-refractivity contribution in [2.45, 2.75) is 25.7 Å². The number of aliphatic hydroxyl groups excluding tert-OH is 1. The third-order valence-corrected chi connectivity index (χ3v) is 2.61. The summed E-state index contributed by atoms with van der Waals surface area (Å²) in [7, 11) is 0. The minimum absolute atomic E-state index is 0.0945. The number of carbonyl (C=O) groups excluding carboxylic acids is 1. The van der Waals surface area contributed by atoms with Crippen molar-refractivity contribution in [3.05, 3.63) is 11.3 Å². The van der Waals surface area contributed by atoms with Crippen LogP contribution in [0.25, 0.3) is 0 Å². The Hall–Kier alpha value is -1.85. The van der Waals surface area contributed by atoms with Crippen LogP contribution in [-0.2, 0) is 14.4 Å². The molecule has 0 spiro atoms. The van der Waals surface area contributed by atoms with Crippen molar-refractivity contribution in [3.63, 3.8) is 0 Å². The smallest absolute Gasteiger partial charge is 0.371 e. The van der Waals surface area contributed by atoms with E-state index in [0.717, 1.165) is 0 Å². The van der Waals surface area contributed by atoms with Gasteiger partial charge in [-0.15, -0.1) is 0 Å². The predicted octanol–water partition coefficient (Wildman–Crippen LogP) is 0.727. The molecule has 1 atom stereocenters. The van der Waals surface area contributed by atoms with Gasteiger partial charge in [0.2, 0.25) is 5.76 Å². The fraction of sp³-hybridized carbons (Fsp3) is 0.500. The van der Waals surface area contributed by atoms with Crippen LogP contribution in [0, 0.1) is 5.92 Å². The van der Waals surface area contributed by atoms with Crippen LogP contribution in [0.4, 0.5) is 0 Å². The second kappa shape index (κ2) is 4.78. The summed E-state index contributed by atoms with van der Waals surface area (Å²) in [6.07, 6.45) is 0.655. The summed E-state index contributed by atoms with van der Waals surface area (Å²) in [5, 5.41) is 26.1. The Morgan fingerprint density at radius 1 is 1.25 bits per heavy atom. The normalized spacial score (nSPS) is 23.2. The highest BCUT2D eigenvalue weighted by Crippen LogP contribution is 2.31. The monoisotopic (exact) mass is 228 g/mol. The molecule has 3 N–H and O–H groups in total. The van der Waals surface area contributed by atoms with Crippen molar-refractivity contribution in [3.8, 4) is 0 Å². The van der Waals surface area contributed by atoms with Gasteiger partial charge in [-0.3, -0.25) is 9.59 Å². The summed E-state index contributed by atoms with van der Waals surface area (Å²) >= 11 is 0. The molecule has 16 heavy (non-hydrogen) atoms. The maximum atomic E-state index is 11.6. The zero-order valence-electron chi connectivity index (χ0n) is 8.47. The van der Waals surface area contributed by atoms with Gasteiger partial charge >= 0.3 is 11.9 Å². The SMILES string of the molecule is O=C(O)CCC1CC/C(=C(/O)C(=O)O)C1=O. The maximum absolute atomic E-state index is 11.6. The van der Waals surface area contributed by atoms with E-state index in [0.29, 0.717) is 6.42 Å². The number of allylic oxidation sites excluding steroid dienone is 1. The third kappa shape index (κ3) is 2.59. The molecule has 0 saturated heterocycles. The fourth-order valence-electron chi connectivity index (χ4n) is 1.76. The van der Waals surface area contributed by atoms with Crippen molar-refractivity contribution >= 4 is 17.7 Å². The van der Waals surface area contributed by atoms with Crippen LogP contribution in [0.15, 0.2) is 11.3 Å². The second-order valence-corrected chi connectivity index (χ2v) is 3.66. The van der Waals surface area contributed by atoms with Crippen molar-refractivity contribution in [1.82, 2.24) is 0 Å². The highest BCUT2D eigenvalue weighted by atomic mass is 16.4. The number of rotatable bonds is 4. The van der Waals surface area contributed by atoms with Crippen molar-refractivity contribution in [2.75, 3.05) is 0 Å². The quantitative estimate of drug-likeness (QED) is 0.483. The lowest BCUT2D eigenvalue weighted by molar-refractivity contribution is -0.138. The van der Waals surface area contributed by atoms with E-state index in [1.165, 1.54) is 0 Å². The van der Waals surface area contributed by atoms with E-state index in [-0.39, 0.29) is 24.8 Å². The molecule has 0 aromatic rings. The van der Waals surface area contributed by atoms with E-state index in [1.807, 2.05) is 0 Å². The zero-order valence-corrected chi connectivity index (χ0v) is 8.47.